The van der Waals surface area contributed by atoms with E-state index in [1.165, 1.54) is 0 Å². The van der Waals surface area contributed by atoms with Gasteiger partial charge < -0.3 is 191 Å². The van der Waals surface area contributed by atoms with Crippen molar-refractivity contribution >= 4 is 29.4 Å². The van der Waals surface area contributed by atoms with Crippen LogP contribution in [-0.2, 0) is 93.0 Å². The van der Waals surface area contributed by atoms with Crippen LogP contribution in [0.3, 0.4) is 0 Å². The average Bonchev–Trinajstić information content (AvgIpc) is 0.756. The lowest BCUT2D eigenvalue weighted by atomic mass is 9.91. The second-order valence-corrected chi connectivity index (χ2v) is 26.5. The molecule has 0 spiro atoms. The molecule has 6 aliphatic heterocycles. The minimum atomic E-state index is -6.33. The summed E-state index contributed by atoms with van der Waals surface area (Å²) in [5.41, 5.74) is 10.7. The van der Waals surface area contributed by atoms with E-state index in [0.29, 0.717) is 0 Å². The number of phosphoric acid groups is 3. The van der Waals surface area contributed by atoms with Crippen LogP contribution in [0, 0.1) is 0 Å². The molecular weight excluding hydrogens is 1380 g/mol. The number of ether oxygens (including phenoxy) is 11. The zero-order valence-corrected chi connectivity index (χ0v) is 51.8. The molecule has 0 aromatic rings. The van der Waals surface area contributed by atoms with E-state index in [9.17, 15) is 146 Å². The summed E-state index contributed by atoms with van der Waals surface area (Å²) in [5, 5.41) is 240. The number of rotatable bonds is 33. The Morgan fingerprint density at radius 2 is 0.895 bits per heavy atom. The summed E-state index contributed by atoms with van der Waals surface area (Å²) in [6.45, 7) is -11.0. The largest absolute Gasteiger partial charge is 0.481 e. The Bertz CT molecular complexity index is 2530. The summed E-state index contributed by atoms with van der Waals surface area (Å²) in [7, 11) is -17.8. The van der Waals surface area contributed by atoms with Gasteiger partial charge in [0.05, 0.1) is 52.9 Å². The number of hydrogen-bond donors (Lipinski definition) is 27. The normalized spacial score (nSPS) is 44.6. The third-order valence-electron chi connectivity index (χ3n) is 15.4. The highest BCUT2D eigenvalue weighted by atomic mass is 31.3. The van der Waals surface area contributed by atoms with E-state index in [-0.39, 0.29) is 0 Å². The molecule has 6 rings (SSSR count). The van der Waals surface area contributed by atoms with Crippen LogP contribution < -0.4 is 11.5 Å². The number of phosphoric ester groups is 3. The summed E-state index contributed by atoms with van der Waals surface area (Å²) < 4.78 is 128. The number of carboxylic acids is 1. The molecule has 6 aliphatic rings. The van der Waals surface area contributed by atoms with Crippen LogP contribution in [0.25, 0.3) is 0 Å². The molecule has 0 bridgehead atoms. The van der Waals surface area contributed by atoms with E-state index < -0.39 is 304 Å². The van der Waals surface area contributed by atoms with Gasteiger partial charge in [-0.3, -0.25) is 18.1 Å². The van der Waals surface area contributed by atoms with E-state index in [1.807, 2.05) is 0 Å². The highest BCUT2D eigenvalue weighted by Gasteiger charge is 2.63. The van der Waals surface area contributed by atoms with Gasteiger partial charge in [0.25, 0.3) is 5.79 Å². The summed E-state index contributed by atoms with van der Waals surface area (Å²) in [6, 6.07) is 0. The highest BCUT2D eigenvalue weighted by molar-refractivity contribution is 7.61. The number of nitrogens with two attached hydrogens (primary N) is 2. The third kappa shape index (κ3) is 19.6. The maximum atomic E-state index is 13.7. The zero-order chi connectivity index (χ0) is 71.1. The summed E-state index contributed by atoms with van der Waals surface area (Å²) >= 11 is 0. The quantitative estimate of drug-likeness (QED) is 0.0271. The Morgan fingerprint density at radius 1 is 0.463 bits per heavy atom. The molecule has 0 amide bonds. The Morgan fingerprint density at radius 3 is 1.41 bits per heavy atom. The van der Waals surface area contributed by atoms with Gasteiger partial charge >= 0.3 is 29.4 Å². The number of aliphatic carboxylic acids is 1. The maximum Gasteiger partial charge on any atom is 0.481 e. The first-order valence-electron chi connectivity index (χ1n) is 28.6. The molecule has 3 unspecified atom stereocenters. The van der Waals surface area contributed by atoms with E-state index in [1.54, 1.807) is 0 Å². The maximum absolute atomic E-state index is 13.7. The minimum Gasteiger partial charge on any atom is -0.477 e. The standard InChI is InChI=1S/C45H83N2O45P3/c46-1-3-77-93(71,72)91-36-28(66)31(13(55)7-49)83-43(38(36)88-41-27(65)23(61)24(62)30(82-41)12(54)6-48)86-35-29(67)42(84-33-15(90-95(75,76)92-94(73,74)78-4-2-47)5-45(70,44(68)69)89-32(33)14(56)8-50)85-34(37(35)87-40-26(64)22(60)20(58)17(10-52)80-40)18(11-53)81-39-25(63)21(59)19(57)16(9-51)79-39/h12-43,48-67,70H,1-11,46-47H2,(H,68,69)(H,71,72)(H,73,74)(H,75,76)/t12-,13-,14+,15+,16+,17+,18-,19+,20+,21-,22-,23-,24-,25+,26+,27-,28+,29-,30+,31+,32+,33+,34+,35+,36-,37+,38-,39+,40-,41+,42-,43+,45+/m0/s1. The predicted molar refractivity (Wildman–Crippen MR) is 287 cm³/mol. The highest BCUT2D eigenvalue weighted by Crippen LogP contribution is 2.62. The fourth-order valence-corrected chi connectivity index (χ4v) is 13.8. The first-order valence-corrected chi connectivity index (χ1v) is 33.0. The summed E-state index contributed by atoms with van der Waals surface area (Å²) in [4.78, 5) is 44.9. The van der Waals surface area contributed by atoms with Gasteiger partial charge in [0.1, 0.15) is 165 Å². The van der Waals surface area contributed by atoms with Crippen molar-refractivity contribution in [3.8, 4) is 0 Å². The van der Waals surface area contributed by atoms with Crippen molar-refractivity contribution in [2.24, 2.45) is 11.5 Å². The molecule has 29 N–H and O–H groups in total. The second kappa shape index (κ2) is 35.1. The lowest BCUT2D eigenvalue weighted by Crippen LogP contribution is -2.71. The Balaban J connectivity index is 1.64. The van der Waals surface area contributed by atoms with Gasteiger partial charge in [0.15, 0.2) is 31.5 Å². The van der Waals surface area contributed by atoms with E-state index in [4.69, 9.17) is 77.1 Å². The summed E-state index contributed by atoms with van der Waals surface area (Å²) in [5.74, 6) is -6.14. The summed E-state index contributed by atoms with van der Waals surface area (Å²) in [6.07, 6.45) is -82.7. The molecule has 95 heavy (non-hydrogen) atoms. The molecule has 36 atom stereocenters. The van der Waals surface area contributed by atoms with Crippen molar-refractivity contribution < 1.29 is 220 Å². The number of hydrogen-bond acceptors (Lipinski definition) is 43. The number of aliphatic hydroxyl groups is 21. The van der Waals surface area contributed by atoms with Gasteiger partial charge in [-0.1, -0.05) is 0 Å². The third-order valence-corrected chi connectivity index (χ3v) is 19.2. The van der Waals surface area contributed by atoms with Crippen molar-refractivity contribution in [2.45, 2.75) is 208 Å². The van der Waals surface area contributed by atoms with Gasteiger partial charge in [-0.15, -0.1) is 0 Å². The molecule has 47 nitrogen and oxygen atoms in total. The van der Waals surface area contributed by atoms with Crippen molar-refractivity contribution in [1.29, 1.82) is 0 Å². The SMILES string of the molecule is NCCOP(=O)(O)O[C@H]1[C@H](O)[C@@H]([C@@H](O)CO)O[C@H](O[C@@H]2[C@H](O)[C@@H](O[C@H]3[C@@H]([C@H](O)CO)O[C@@](O)(C(=O)O)C[C@H]3OP(=O)(O)OP(=O)(O)OCCN)O[C@H]([C@H](CO)O[C@H]3O[C@H](CO)[C@@H](O)[C@H](O)[C@H]3O)[C@H]2O[C@@H]2O[C@H](CO)[C@@H](O)[C@H](O)[C@H]2O)[C@H]1O[C@H]1O[C@H]([C@@H](O)CO)[C@@H](O)[C@H](O)[C@@H]1O. The van der Waals surface area contributed by atoms with E-state index in [2.05, 4.69) is 8.83 Å². The second-order valence-electron chi connectivity index (χ2n) is 22.1. The molecule has 0 aliphatic carbocycles. The number of aliphatic hydroxyl groups excluding tert-OH is 20. The van der Waals surface area contributed by atoms with Gasteiger partial charge in [0.2, 0.25) is 0 Å². The van der Waals surface area contributed by atoms with Crippen molar-refractivity contribution in [3.05, 3.63) is 0 Å². The van der Waals surface area contributed by atoms with Crippen LogP contribution in [0.1, 0.15) is 6.42 Å². The number of carboxylic acid groups (broad SMARTS) is 1. The van der Waals surface area contributed by atoms with Crippen LogP contribution in [0.5, 0.6) is 0 Å². The van der Waals surface area contributed by atoms with Crippen molar-refractivity contribution in [2.75, 3.05) is 65.9 Å². The lowest BCUT2D eigenvalue weighted by molar-refractivity contribution is -0.417. The molecule has 0 aromatic carbocycles. The fraction of sp³-hybridized carbons (Fsp3) is 0.978. The van der Waals surface area contributed by atoms with E-state index >= 15 is 0 Å². The Labute approximate surface area is 534 Å². The first-order chi connectivity index (χ1) is 44.4. The molecule has 6 heterocycles. The lowest BCUT2D eigenvalue weighted by Gasteiger charge is -2.53. The molecular formula is C45H83N2O45P3. The fourth-order valence-electron chi connectivity index (χ4n) is 10.6. The smallest absolute Gasteiger partial charge is 0.477 e. The van der Waals surface area contributed by atoms with Crippen molar-refractivity contribution in [1.82, 2.24) is 0 Å². The topological polar surface area (TPSA) is 774 Å². The first kappa shape index (κ1) is 82.4. The predicted octanol–water partition coefficient (Wildman–Crippen LogP) is -15.9. The molecule has 0 saturated carbocycles. The van der Waals surface area contributed by atoms with Crippen LogP contribution in [-0.4, -0.2) is 401 Å². The van der Waals surface area contributed by atoms with Crippen LogP contribution in [0.4, 0.5) is 0 Å². The molecule has 0 radical (unpaired) electrons. The minimum absolute atomic E-state index is 0.525. The van der Waals surface area contributed by atoms with Gasteiger partial charge in [-0.05, 0) is 0 Å². The average molecular weight is 1470 g/mol. The zero-order valence-electron chi connectivity index (χ0n) is 49.1. The van der Waals surface area contributed by atoms with Crippen LogP contribution in [0.2, 0.25) is 0 Å². The monoisotopic (exact) mass is 1460 g/mol. The van der Waals surface area contributed by atoms with Crippen LogP contribution >= 0.6 is 23.5 Å². The Hall–Kier alpha value is -1.52. The number of carbonyl (C=O) groups is 1. The van der Waals surface area contributed by atoms with Gasteiger partial charge in [0, 0.05) is 19.5 Å². The van der Waals surface area contributed by atoms with Gasteiger partial charge in [-0.2, -0.15) is 4.31 Å². The molecule has 6 fully saturated rings. The van der Waals surface area contributed by atoms with Crippen LogP contribution in [0.15, 0.2) is 0 Å². The van der Waals surface area contributed by atoms with E-state index in [0.717, 1.165) is 0 Å². The molecule has 50 heteroatoms. The molecule has 0 aromatic heterocycles. The van der Waals surface area contributed by atoms with Crippen molar-refractivity contribution in [3.63, 3.8) is 0 Å². The molecule has 558 valence electrons. The molecule has 6 saturated heterocycles. The Kier molecular flexibility index (Phi) is 30.5. The van der Waals surface area contributed by atoms with Gasteiger partial charge in [-0.25, -0.2) is 18.5 Å².